The number of carboxylic acids is 1. The van der Waals surface area contributed by atoms with Crippen LogP contribution in [-0.4, -0.2) is 23.7 Å². The summed E-state index contributed by atoms with van der Waals surface area (Å²) in [6.45, 7) is 14.4. The van der Waals surface area contributed by atoms with Crippen molar-refractivity contribution >= 4 is 11.9 Å². The van der Waals surface area contributed by atoms with E-state index >= 15 is 0 Å². The van der Waals surface area contributed by atoms with Crippen LogP contribution in [-0.2, 0) is 14.3 Å². The average molecular weight is 226 g/mol. The monoisotopic (exact) mass is 226 g/mol. The van der Waals surface area contributed by atoms with Crippen LogP contribution in [0, 0.1) is 0 Å². The smallest absolute Gasteiger partial charge is 0.330 e. The number of carbonyl (C=O) groups excluding carboxylic acids is 1. The van der Waals surface area contributed by atoms with E-state index < -0.39 is 5.97 Å². The first-order chi connectivity index (χ1) is 7.58. The van der Waals surface area contributed by atoms with Crippen molar-refractivity contribution < 1.29 is 19.4 Å². The van der Waals surface area contributed by atoms with Gasteiger partial charge >= 0.3 is 11.9 Å². The number of carboxylic acid groups (broad SMARTS) is 1. The standard InChI is InChI=1S/C7H10O2.C3H4O2.C2H4/c1-3-5-6-9-7(8)4-2;1-2-3(4)5;1-2/h3-5H,2,6H2,1H3;2H,1H2,(H,4,5);1-2H2. The summed E-state index contributed by atoms with van der Waals surface area (Å²) in [5, 5.41) is 7.60. The van der Waals surface area contributed by atoms with Crippen LogP contribution in [0.1, 0.15) is 6.92 Å². The molecule has 0 aromatic heterocycles. The SMILES string of the molecule is C=C.C=CC(=O)O.C=CC(=O)OCC=CC. The van der Waals surface area contributed by atoms with E-state index in [-0.39, 0.29) is 5.97 Å². The Kier molecular flexibility index (Phi) is 22.7. The Morgan fingerprint density at radius 2 is 1.69 bits per heavy atom. The van der Waals surface area contributed by atoms with Crippen LogP contribution in [0.2, 0.25) is 0 Å². The fraction of sp³-hybridized carbons (Fsp3) is 0.167. The number of aliphatic carboxylic acids is 1. The third kappa shape index (κ3) is 29.7. The van der Waals surface area contributed by atoms with Gasteiger partial charge in [0.25, 0.3) is 0 Å². The first-order valence-corrected chi connectivity index (χ1v) is 4.34. The fourth-order valence-electron chi connectivity index (χ4n) is 0.285. The maximum absolute atomic E-state index is 10.3. The Morgan fingerprint density at radius 1 is 1.25 bits per heavy atom. The third-order valence-corrected chi connectivity index (χ3v) is 0.899. The second kappa shape index (κ2) is 18.6. The number of carbonyl (C=O) groups is 2. The van der Waals surface area contributed by atoms with Crippen molar-refractivity contribution in [3.63, 3.8) is 0 Å². The summed E-state index contributed by atoms with van der Waals surface area (Å²) in [6, 6.07) is 0. The second-order valence-corrected chi connectivity index (χ2v) is 1.95. The summed E-state index contributed by atoms with van der Waals surface area (Å²) in [5.74, 6) is -1.36. The van der Waals surface area contributed by atoms with Gasteiger partial charge in [-0.05, 0) is 6.92 Å². The van der Waals surface area contributed by atoms with E-state index in [0.717, 1.165) is 12.2 Å². The van der Waals surface area contributed by atoms with Gasteiger partial charge in [0, 0.05) is 12.2 Å². The maximum atomic E-state index is 10.3. The Morgan fingerprint density at radius 3 is 1.94 bits per heavy atom. The molecule has 0 saturated carbocycles. The van der Waals surface area contributed by atoms with Crippen molar-refractivity contribution in [2.45, 2.75) is 6.92 Å². The molecule has 16 heavy (non-hydrogen) atoms. The van der Waals surface area contributed by atoms with Gasteiger partial charge in [-0.3, -0.25) is 0 Å². The Bertz CT molecular complexity index is 241. The molecule has 0 amide bonds. The summed E-state index contributed by atoms with van der Waals surface area (Å²) in [6.07, 6.45) is 5.54. The summed E-state index contributed by atoms with van der Waals surface area (Å²) < 4.78 is 4.59. The summed E-state index contributed by atoms with van der Waals surface area (Å²) in [5.41, 5.74) is 0. The number of ether oxygens (including phenoxy) is 1. The van der Waals surface area contributed by atoms with Crippen LogP contribution in [0.5, 0.6) is 0 Å². The molecule has 0 saturated heterocycles. The number of rotatable bonds is 4. The Hall–Kier alpha value is -2.10. The molecule has 0 aliphatic heterocycles. The quantitative estimate of drug-likeness (QED) is 0.454. The van der Waals surface area contributed by atoms with Crippen molar-refractivity contribution in [1.29, 1.82) is 0 Å². The number of esters is 1. The van der Waals surface area contributed by atoms with Gasteiger partial charge in [0.2, 0.25) is 0 Å². The van der Waals surface area contributed by atoms with Crippen molar-refractivity contribution in [2.75, 3.05) is 6.61 Å². The van der Waals surface area contributed by atoms with E-state index in [1.807, 2.05) is 13.0 Å². The third-order valence-electron chi connectivity index (χ3n) is 0.899. The number of hydrogen-bond donors (Lipinski definition) is 1. The number of allylic oxidation sites excluding steroid dienone is 1. The molecule has 0 spiro atoms. The highest BCUT2D eigenvalue weighted by atomic mass is 16.5. The molecule has 0 aromatic rings. The molecule has 0 rings (SSSR count). The van der Waals surface area contributed by atoms with E-state index in [2.05, 4.69) is 31.1 Å². The molecule has 0 heterocycles. The van der Waals surface area contributed by atoms with Crippen LogP contribution in [0.15, 0.2) is 50.6 Å². The lowest BCUT2D eigenvalue weighted by Crippen LogP contribution is -1.98. The maximum Gasteiger partial charge on any atom is 0.330 e. The number of hydrogen-bond acceptors (Lipinski definition) is 3. The molecule has 1 N–H and O–H groups in total. The Labute approximate surface area is 96.2 Å². The van der Waals surface area contributed by atoms with Crippen molar-refractivity contribution in [1.82, 2.24) is 0 Å². The van der Waals surface area contributed by atoms with Crippen molar-refractivity contribution in [3.8, 4) is 0 Å². The summed E-state index contributed by atoms with van der Waals surface area (Å²) in [7, 11) is 0. The van der Waals surface area contributed by atoms with E-state index in [0.29, 0.717) is 6.61 Å². The molecule has 0 aromatic carbocycles. The molecule has 0 aliphatic carbocycles. The lowest BCUT2D eigenvalue weighted by Gasteiger charge is -1.93. The minimum atomic E-state index is -0.981. The lowest BCUT2D eigenvalue weighted by molar-refractivity contribution is -0.136. The van der Waals surface area contributed by atoms with E-state index in [9.17, 15) is 9.59 Å². The van der Waals surface area contributed by atoms with Crippen molar-refractivity contribution in [3.05, 3.63) is 50.6 Å². The van der Waals surface area contributed by atoms with Crippen LogP contribution >= 0.6 is 0 Å². The van der Waals surface area contributed by atoms with E-state index in [4.69, 9.17) is 5.11 Å². The van der Waals surface area contributed by atoms with Crippen LogP contribution < -0.4 is 0 Å². The zero-order chi connectivity index (χ0) is 13.4. The largest absolute Gasteiger partial charge is 0.478 e. The topological polar surface area (TPSA) is 63.6 Å². The minimum absolute atomic E-state index is 0.335. The first-order valence-electron chi connectivity index (χ1n) is 4.34. The molecule has 90 valence electrons. The molecule has 0 atom stereocenters. The van der Waals surface area contributed by atoms with Gasteiger partial charge in [-0.15, -0.1) is 13.2 Å². The van der Waals surface area contributed by atoms with Gasteiger partial charge in [0.1, 0.15) is 6.61 Å². The zero-order valence-electron chi connectivity index (χ0n) is 9.52. The van der Waals surface area contributed by atoms with Crippen LogP contribution in [0.25, 0.3) is 0 Å². The lowest BCUT2D eigenvalue weighted by atomic mass is 10.5. The second-order valence-electron chi connectivity index (χ2n) is 1.95. The highest BCUT2D eigenvalue weighted by Gasteiger charge is 1.88. The van der Waals surface area contributed by atoms with Gasteiger partial charge in [0.05, 0.1) is 0 Å². The van der Waals surface area contributed by atoms with Crippen molar-refractivity contribution in [2.24, 2.45) is 0 Å². The van der Waals surface area contributed by atoms with Gasteiger partial charge in [-0.2, -0.15) is 0 Å². The molecule has 4 nitrogen and oxygen atoms in total. The average Bonchev–Trinajstić information content (AvgIpc) is 2.32. The molecule has 0 radical (unpaired) electrons. The van der Waals surface area contributed by atoms with Crippen LogP contribution in [0.3, 0.4) is 0 Å². The molecule has 0 fully saturated rings. The predicted octanol–water partition coefficient (Wildman–Crippen LogP) is 2.35. The summed E-state index contributed by atoms with van der Waals surface area (Å²) >= 11 is 0. The molecule has 0 bridgehead atoms. The highest BCUT2D eigenvalue weighted by molar-refractivity contribution is 5.81. The molecular weight excluding hydrogens is 208 g/mol. The Balaban J connectivity index is -0.000000205. The molecular formula is C12H18O4. The van der Waals surface area contributed by atoms with Gasteiger partial charge in [-0.1, -0.05) is 25.3 Å². The zero-order valence-corrected chi connectivity index (χ0v) is 9.52. The van der Waals surface area contributed by atoms with E-state index in [1.165, 1.54) is 0 Å². The fourth-order valence-corrected chi connectivity index (χ4v) is 0.285. The molecule has 0 unspecified atom stereocenters. The van der Waals surface area contributed by atoms with Gasteiger partial charge in [0.15, 0.2) is 0 Å². The molecule has 4 heteroatoms. The normalized spacial score (nSPS) is 7.56. The predicted molar refractivity (Wildman–Crippen MR) is 65.1 cm³/mol. The van der Waals surface area contributed by atoms with Gasteiger partial charge < -0.3 is 9.84 Å². The molecule has 0 aliphatic rings. The first kappa shape index (κ1) is 19.5. The summed E-state index contributed by atoms with van der Waals surface area (Å²) in [4.78, 5) is 19.6. The van der Waals surface area contributed by atoms with Gasteiger partial charge in [-0.25, -0.2) is 9.59 Å². The minimum Gasteiger partial charge on any atom is -0.478 e. The highest BCUT2D eigenvalue weighted by Crippen LogP contribution is 1.79. The van der Waals surface area contributed by atoms with Crippen LogP contribution in [0.4, 0.5) is 0 Å². The van der Waals surface area contributed by atoms with E-state index in [1.54, 1.807) is 6.08 Å².